The van der Waals surface area contributed by atoms with Gasteiger partial charge in [-0.2, -0.15) is 6.20 Å². The number of rotatable bonds is 1. The number of pyridine rings is 1. The molecule has 3 rings (SSSR count). The zero-order chi connectivity index (χ0) is 10.3. The fourth-order valence-corrected chi connectivity index (χ4v) is 1.94. The van der Waals surface area contributed by atoms with Crippen molar-refractivity contribution in [2.24, 2.45) is 0 Å². The van der Waals surface area contributed by atoms with Crippen molar-refractivity contribution in [1.82, 2.24) is 15.2 Å². The molecular weight excluding hydrogens is 188 g/mol. The molecule has 1 aliphatic rings. The molecule has 4 heteroatoms. The lowest BCUT2D eigenvalue weighted by atomic mass is 10.2. The van der Waals surface area contributed by atoms with Gasteiger partial charge >= 0.3 is 0 Å². The molecule has 76 valence electrons. The molecule has 4 nitrogen and oxygen atoms in total. The summed E-state index contributed by atoms with van der Waals surface area (Å²) in [6.45, 7) is 1.06. The largest absolute Gasteiger partial charge is 0.581 e. The van der Waals surface area contributed by atoms with Crippen molar-refractivity contribution in [2.75, 3.05) is 18.5 Å². The molecule has 2 aromatic heterocycles. The van der Waals surface area contributed by atoms with Crippen LogP contribution in [-0.2, 0) is 6.42 Å². The van der Waals surface area contributed by atoms with E-state index in [1.165, 1.54) is 11.4 Å². The highest BCUT2D eigenvalue weighted by Crippen LogP contribution is 2.27. The second-order valence-corrected chi connectivity index (χ2v) is 3.78. The zero-order valence-corrected chi connectivity index (χ0v) is 8.51. The van der Waals surface area contributed by atoms with Crippen LogP contribution in [-0.4, -0.2) is 23.7 Å². The summed E-state index contributed by atoms with van der Waals surface area (Å²) < 4.78 is 0. The van der Waals surface area contributed by atoms with Crippen LogP contribution in [0.3, 0.4) is 0 Å². The van der Waals surface area contributed by atoms with Gasteiger partial charge < -0.3 is 15.1 Å². The summed E-state index contributed by atoms with van der Waals surface area (Å²) in [6.07, 6.45) is 4.52. The number of fused-ring (bicyclic) bond motifs is 1. The van der Waals surface area contributed by atoms with E-state index in [0.717, 1.165) is 24.2 Å². The summed E-state index contributed by atoms with van der Waals surface area (Å²) in [5, 5.41) is 7.61. The number of aromatic nitrogens is 3. The van der Waals surface area contributed by atoms with E-state index in [-0.39, 0.29) is 0 Å². The number of hydrogen-bond donors (Lipinski definition) is 0. The van der Waals surface area contributed by atoms with Crippen LogP contribution in [0.15, 0.2) is 24.5 Å². The van der Waals surface area contributed by atoms with Gasteiger partial charge in [0.05, 0.1) is 17.1 Å². The van der Waals surface area contributed by atoms with E-state index in [1.807, 2.05) is 6.07 Å². The average molecular weight is 199 g/mol. The maximum Gasteiger partial charge on any atom is 0.0703 e. The van der Waals surface area contributed by atoms with Gasteiger partial charge in [0.25, 0.3) is 0 Å². The first-order valence-electron chi connectivity index (χ1n) is 4.99. The standard InChI is InChI=1S/C11H11N4/c1-15-5-4-10-11(15)3-2-9(14-10)8-6-12-13-7-8/h2-3,6-7H,4-5H2,1H3/q-1. The van der Waals surface area contributed by atoms with Gasteiger partial charge in [0, 0.05) is 26.2 Å². The first-order chi connectivity index (χ1) is 7.34. The zero-order valence-electron chi connectivity index (χ0n) is 8.51. The maximum absolute atomic E-state index is 4.62. The fraction of sp³-hybridized carbons (Fsp3) is 0.273. The second kappa shape index (κ2) is 3.08. The highest BCUT2D eigenvalue weighted by molar-refractivity contribution is 5.63. The Morgan fingerprint density at radius 2 is 2.33 bits per heavy atom. The van der Waals surface area contributed by atoms with E-state index in [1.54, 1.807) is 12.4 Å². The molecule has 0 aromatic carbocycles. The molecule has 0 fully saturated rings. The smallest absolute Gasteiger partial charge is 0.0703 e. The van der Waals surface area contributed by atoms with Crippen LogP contribution in [0.4, 0.5) is 5.69 Å². The average Bonchev–Trinajstić information content (AvgIpc) is 2.88. The minimum Gasteiger partial charge on any atom is -0.581 e. The summed E-state index contributed by atoms with van der Waals surface area (Å²) >= 11 is 0. The number of anilines is 1. The topological polar surface area (TPSA) is 43.1 Å². The van der Waals surface area contributed by atoms with E-state index in [0.29, 0.717) is 0 Å². The molecule has 0 bridgehead atoms. The van der Waals surface area contributed by atoms with Gasteiger partial charge in [-0.25, -0.2) is 0 Å². The van der Waals surface area contributed by atoms with Gasteiger partial charge in [-0.1, -0.05) is 0 Å². The third-order valence-electron chi connectivity index (χ3n) is 2.80. The van der Waals surface area contributed by atoms with Crippen molar-refractivity contribution in [2.45, 2.75) is 6.42 Å². The number of hydrogen-bond acceptors (Lipinski definition) is 3. The van der Waals surface area contributed by atoms with Crippen molar-refractivity contribution >= 4 is 5.69 Å². The van der Waals surface area contributed by atoms with Crippen molar-refractivity contribution in [3.8, 4) is 11.3 Å². The van der Waals surface area contributed by atoms with Crippen LogP contribution in [0, 0.1) is 0 Å². The third kappa shape index (κ3) is 1.29. The quantitative estimate of drug-likeness (QED) is 0.689. The summed E-state index contributed by atoms with van der Waals surface area (Å²) in [5.41, 5.74) is 4.38. The highest BCUT2D eigenvalue weighted by atomic mass is 15.1. The van der Waals surface area contributed by atoms with E-state index in [9.17, 15) is 0 Å². The molecule has 0 spiro atoms. The predicted molar refractivity (Wildman–Crippen MR) is 57.8 cm³/mol. The SMILES string of the molecule is CN1CCc2nc(-c3cn[n-]c3)ccc21. The van der Waals surface area contributed by atoms with Gasteiger partial charge in [0.2, 0.25) is 0 Å². The Morgan fingerprint density at radius 3 is 3.13 bits per heavy atom. The van der Waals surface area contributed by atoms with Gasteiger partial charge in [0.1, 0.15) is 0 Å². The van der Waals surface area contributed by atoms with Gasteiger partial charge in [-0.05, 0) is 17.7 Å². The lowest BCUT2D eigenvalue weighted by Crippen LogP contribution is -2.12. The normalized spacial score (nSPS) is 14.3. The molecule has 0 amide bonds. The highest BCUT2D eigenvalue weighted by Gasteiger charge is 2.17. The Hall–Kier alpha value is -1.84. The monoisotopic (exact) mass is 199 g/mol. The third-order valence-corrected chi connectivity index (χ3v) is 2.80. The van der Waals surface area contributed by atoms with Crippen molar-refractivity contribution in [3.63, 3.8) is 0 Å². The first kappa shape index (κ1) is 8.47. The molecule has 3 heterocycles. The van der Waals surface area contributed by atoms with Gasteiger partial charge in [-0.3, -0.25) is 4.98 Å². The molecule has 15 heavy (non-hydrogen) atoms. The van der Waals surface area contributed by atoms with Crippen molar-refractivity contribution < 1.29 is 0 Å². The Bertz CT molecular complexity index is 475. The van der Waals surface area contributed by atoms with Gasteiger partial charge in [-0.15, -0.1) is 0 Å². The maximum atomic E-state index is 4.62. The summed E-state index contributed by atoms with van der Waals surface area (Å²) in [6, 6.07) is 4.15. The van der Waals surface area contributed by atoms with Crippen LogP contribution >= 0.6 is 0 Å². The van der Waals surface area contributed by atoms with E-state index in [2.05, 4.69) is 33.2 Å². The molecule has 0 aliphatic carbocycles. The summed E-state index contributed by atoms with van der Waals surface area (Å²) in [5.74, 6) is 0. The van der Waals surface area contributed by atoms with Crippen LogP contribution in [0.1, 0.15) is 5.69 Å². The number of nitrogens with zero attached hydrogens (tertiary/aromatic N) is 4. The molecule has 1 aliphatic heterocycles. The molecular formula is C11H11N4-. The van der Waals surface area contributed by atoms with Crippen molar-refractivity contribution in [3.05, 3.63) is 30.2 Å². The lowest BCUT2D eigenvalue weighted by molar-refractivity contribution is 0.944. The lowest BCUT2D eigenvalue weighted by Gasteiger charge is -2.11. The van der Waals surface area contributed by atoms with Crippen molar-refractivity contribution in [1.29, 1.82) is 0 Å². The first-order valence-corrected chi connectivity index (χ1v) is 4.99. The Morgan fingerprint density at radius 1 is 1.40 bits per heavy atom. The van der Waals surface area contributed by atoms with Crippen LogP contribution < -0.4 is 10.00 Å². The van der Waals surface area contributed by atoms with E-state index in [4.69, 9.17) is 0 Å². The number of likely N-dealkylation sites (N-methyl/N-ethyl adjacent to an activating group) is 1. The van der Waals surface area contributed by atoms with Crippen LogP contribution in [0.2, 0.25) is 0 Å². The molecule has 0 atom stereocenters. The molecule has 0 N–H and O–H groups in total. The van der Waals surface area contributed by atoms with Crippen LogP contribution in [0.25, 0.3) is 11.3 Å². The Kier molecular flexibility index (Phi) is 1.74. The Balaban J connectivity index is 2.07. The minimum atomic E-state index is 0.967. The van der Waals surface area contributed by atoms with Crippen LogP contribution in [0.5, 0.6) is 0 Å². The molecule has 0 saturated heterocycles. The molecule has 2 aromatic rings. The van der Waals surface area contributed by atoms with E-state index < -0.39 is 0 Å². The fourth-order valence-electron chi connectivity index (χ4n) is 1.94. The Labute approximate surface area is 88.0 Å². The molecule has 0 unspecified atom stereocenters. The minimum absolute atomic E-state index is 0.967. The van der Waals surface area contributed by atoms with E-state index >= 15 is 0 Å². The predicted octanol–water partition coefficient (Wildman–Crippen LogP) is 1.09. The summed E-state index contributed by atoms with van der Waals surface area (Å²) in [7, 11) is 2.10. The molecule has 0 saturated carbocycles. The second-order valence-electron chi connectivity index (χ2n) is 3.78. The van der Waals surface area contributed by atoms with Gasteiger partial charge in [0.15, 0.2) is 0 Å². The summed E-state index contributed by atoms with van der Waals surface area (Å²) in [4.78, 5) is 6.85. The molecule has 0 radical (unpaired) electrons.